The number of alkyl halides is 1. The van der Waals surface area contributed by atoms with E-state index in [1.807, 2.05) is 36.2 Å². The molecule has 2 heterocycles. The molecule has 38 heavy (non-hydrogen) atoms. The van der Waals surface area contributed by atoms with Crippen molar-refractivity contribution in [2.24, 2.45) is 17.8 Å². The minimum atomic E-state index is -1.08. The lowest BCUT2D eigenvalue weighted by molar-refractivity contribution is -0.137. The Morgan fingerprint density at radius 3 is 2.82 bits per heavy atom. The predicted octanol–water partition coefficient (Wildman–Crippen LogP) is 5.82. The van der Waals surface area contributed by atoms with Crippen molar-refractivity contribution in [2.75, 3.05) is 40.4 Å². The Morgan fingerprint density at radius 2 is 2.05 bits per heavy atom. The topological polar surface area (TPSA) is 74.9 Å². The zero-order valence-corrected chi connectivity index (χ0v) is 23.3. The zero-order chi connectivity index (χ0) is 27.0. The fourth-order valence-electron chi connectivity index (χ4n) is 6.86. The van der Waals surface area contributed by atoms with Crippen LogP contribution in [0.3, 0.4) is 0 Å². The highest BCUT2D eigenvalue weighted by Crippen LogP contribution is 2.43. The average molecular weight is 531 g/mol. The van der Waals surface area contributed by atoms with Gasteiger partial charge in [-0.15, -0.1) is 0 Å². The summed E-state index contributed by atoms with van der Waals surface area (Å²) in [5.74, 6) is 0.861. The van der Waals surface area contributed by atoms with E-state index in [0.29, 0.717) is 44.8 Å². The number of furan rings is 1. The van der Waals surface area contributed by atoms with Crippen molar-refractivity contribution in [2.45, 2.75) is 82.4 Å². The molecule has 1 saturated carbocycles. The van der Waals surface area contributed by atoms with Crippen LogP contribution in [0.4, 0.5) is 4.39 Å². The number of ether oxygens (including phenoxy) is 1. The number of methoxy groups -OCH3 is 1. The van der Waals surface area contributed by atoms with E-state index in [-0.39, 0.29) is 17.7 Å². The Morgan fingerprint density at radius 1 is 1.24 bits per heavy atom. The number of para-hydroxylation sites is 1. The van der Waals surface area contributed by atoms with Crippen LogP contribution in [0.1, 0.15) is 76.2 Å². The number of unbranched alkanes of at least 4 members (excludes halogenated alkanes) is 1. The Balaban J connectivity index is 1.47. The number of carbonyl (C=O) groups excluding carboxylic acids is 1. The second kappa shape index (κ2) is 13.9. The first-order chi connectivity index (χ1) is 18.4. The number of likely N-dealkylation sites (tertiary alicyclic amines) is 1. The Bertz CT molecular complexity index is 1000. The highest BCUT2D eigenvalue weighted by atomic mass is 19.1. The van der Waals surface area contributed by atoms with Crippen molar-refractivity contribution in [1.82, 2.24) is 10.2 Å². The van der Waals surface area contributed by atoms with Gasteiger partial charge in [-0.3, -0.25) is 4.79 Å². The number of rotatable bonds is 13. The first kappa shape index (κ1) is 29.0. The predicted molar refractivity (Wildman–Crippen MR) is 149 cm³/mol. The molecule has 6 nitrogen and oxygen atoms in total. The lowest BCUT2D eigenvalue weighted by Gasteiger charge is -2.43. The number of nitrogens with one attached hydrogen (secondary N) is 1. The number of hydrogen-bond acceptors (Lipinski definition) is 5. The molecule has 0 radical (unpaired) electrons. The number of nitrogens with zero attached hydrogens (tertiary/aromatic N) is 1. The van der Waals surface area contributed by atoms with Crippen LogP contribution in [0.25, 0.3) is 11.0 Å². The van der Waals surface area contributed by atoms with Crippen LogP contribution in [0.2, 0.25) is 0 Å². The van der Waals surface area contributed by atoms with Crippen molar-refractivity contribution in [3.63, 3.8) is 0 Å². The summed E-state index contributed by atoms with van der Waals surface area (Å²) in [5, 5.41) is 16.6. The van der Waals surface area contributed by atoms with Crippen LogP contribution in [0.5, 0.6) is 0 Å². The van der Waals surface area contributed by atoms with E-state index in [4.69, 9.17) is 9.15 Å². The summed E-state index contributed by atoms with van der Waals surface area (Å²) in [6.07, 6.45) is 9.72. The maximum absolute atomic E-state index is 13.6. The zero-order valence-electron chi connectivity index (χ0n) is 23.3. The first-order valence-corrected chi connectivity index (χ1v) is 14.7. The van der Waals surface area contributed by atoms with E-state index >= 15 is 0 Å². The van der Waals surface area contributed by atoms with Gasteiger partial charge in [0, 0.05) is 50.1 Å². The van der Waals surface area contributed by atoms with Gasteiger partial charge in [-0.25, -0.2) is 4.39 Å². The van der Waals surface area contributed by atoms with Gasteiger partial charge in [0.25, 0.3) is 0 Å². The number of carbonyl (C=O) groups is 1. The van der Waals surface area contributed by atoms with E-state index in [9.17, 15) is 14.3 Å². The number of amides is 1. The van der Waals surface area contributed by atoms with Crippen LogP contribution in [-0.4, -0.2) is 62.5 Å². The molecule has 1 amide bonds. The Labute approximate surface area is 227 Å². The molecule has 1 aromatic carbocycles. The summed E-state index contributed by atoms with van der Waals surface area (Å²) in [5.41, 5.74) is 0.481. The molecule has 7 heteroatoms. The number of benzene rings is 1. The number of aliphatic hydroxyl groups is 1. The second-order valence-electron chi connectivity index (χ2n) is 11.7. The molecular weight excluding hydrogens is 483 g/mol. The second-order valence-corrected chi connectivity index (χ2v) is 11.7. The highest BCUT2D eigenvalue weighted by Gasteiger charge is 2.43. The summed E-state index contributed by atoms with van der Waals surface area (Å²) >= 11 is 0. The van der Waals surface area contributed by atoms with Crippen molar-refractivity contribution in [3.05, 3.63) is 36.1 Å². The van der Waals surface area contributed by atoms with Crippen LogP contribution in [-0.2, 0) is 15.1 Å². The quantitative estimate of drug-likeness (QED) is 0.319. The number of piperidine rings is 1. The molecule has 1 saturated heterocycles. The van der Waals surface area contributed by atoms with Crippen molar-refractivity contribution >= 4 is 16.9 Å². The molecule has 1 aromatic heterocycles. The Kier molecular flexibility index (Phi) is 10.6. The van der Waals surface area contributed by atoms with Gasteiger partial charge in [0.15, 0.2) is 0 Å². The van der Waals surface area contributed by atoms with Gasteiger partial charge in [-0.1, -0.05) is 18.2 Å². The molecule has 4 rings (SSSR count). The van der Waals surface area contributed by atoms with E-state index in [2.05, 4.69) is 5.32 Å². The standard InChI is InChI=1S/C31H47FN2O4/c1-33-21-24(19-23-10-12-27(32)13-11-23)20-29(35)34-16-6-8-26(22-34)31(36,15-3-4-17-37-2)28-9-5-7-25-14-18-38-30(25)28/h5,7,9,14,18,23-24,26-27,33,36H,3-4,6,8,10-13,15-17,19-22H2,1-2H3/t23?,24-,26-,27?,31+/m1/s1. The number of halogens is 1. The largest absolute Gasteiger partial charge is 0.464 e. The molecule has 1 aliphatic carbocycles. The van der Waals surface area contributed by atoms with Gasteiger partial charge >= 0.3 is 0 Å². The van der Waals surface area contributed by atoms with Crippen LogP contribution in [0.15, 0.2) is 34.9 Å². The maximum atomic E-state index is 13.6. The van der Waals surface area contributed by atoms with Crippen molar-refractivity contribution in [1.29, 1.82) is 0 Å². The molecule has 2 fully saturated rings. The van der Waals surface area contributed by atoms with Crippen molar-refractivity contribution < 1.29 is 23.4 Å². The van der Waals surface area contributed by atoms with Gasteiger partial charge in [0.2, 0.25) is 5.91 Å². The molecule has 2 aliphatic rings. The van der Waals surface area contributed by atoms with Gasteiger partial charge in [-0.2, -0.15) is 0 Å². The summed E-state index contributed by atoms with van der Waals surface area (Å²) in [6, 6.07) is 7.91. The van der Waals surface area contributed by atoms with Crippen LogP contribution < -0.4 is 5.32 Å². The van der Waals surface area contributed by atoms with E-state index in [1.165, 1.54) is 0 Å². The minimum absolute atomic E-state index is 0.0685. The molecule has 1 aliphatic heterocycles. The monoisotopic (exact) mass is 530 g/mol. The lowest BCUT2D eigenvalue weighted by Crippen LogP contribution is -2.48. The molecule has 2 N–H and O–H groups in total. The fourth-order valence-corrected chi connectivity index (χ4v) is 6.86. The van der Waals surface area contributed by atoms with Gasteiger partial charge in [0.1, 0.15) is 11.8 Å². The molecule has 3 atom stereocenters. The lowest BCUT2D eigenvalue weighted by atomic mass is 9.73. The van der Waals surface area contributed by atoms with Gasteiger partial charge in [0.05, 0.1) is 11.9 Å². The number of hydrogen-bond donors (Lipinski definition) is 2. The van der Waals surface area contributed by atoms with E-state index in [0.717, 1.165) is 74.6 Å². The molecule has 0 spiro atoms. The van der Waals surface area contributed by atoms with Gasteiger partial charge < -0.3 is 24.5 Å². The van der Waals surface area contributed by atoms with Gasteiger partial charge in [-0.05, 0) is 95.7 Å². The minimum Gasteiger partial charge on any atom is -0.464 e. The van der Waals surface area contributed by atoms with Crippen LogP contribution in [0, 0.1) is 17.8 Å². The normalized spacial score (nSPS) is 24.8. The third kappa shape index (κ3) is 7.16. The Hall–Kier alpha value is -1.96. The smallest absolute Gasteiger partial charge is 0.222 e. The van der Waals surface area contributed by atoms with Crippen molar-refractivity contribution in [3.8, 4) is 0 Å². The SMILES string of the molecule is CNC[C@@H](CC(=O)N1CCC[C@@H]([C@@](O)(CCCCOC)c2cccc3ccoc23)C1)CC1CCC(F)CC1. The van der Waals surface area contributed by atoms with Crippen LogP contribution >= 0.6 is 0 Å². The highest BCUT2D eigenvalue weighted by molar-refractivity contribution is 5.81. The fraction of sp³-hybridized carbons (Fsp3) is 0.710. The molecule has 0 bridgehead atoms. The molecule has 0 unspecified atom stereocenters. The first-order valence-electron chi connectivity index (χ1n) is 14.7. The van der Waals surface area contributed by atoms with E-state index in [1.54, 1.807) is 13.4 Å². The number of fused-ring (bicyclic) bond motifs is 1. The summed E-state index contributed by atoms with van der Waals surface area (Å²) < 4.78 is 24.7. The summed E-state index contributed by atoms with van der Waals surface area (Å²) in [6.45, 7) is 2.74. The summed E-state index contributed by atoms with van der Waals surface area (Å²) in [7, 11) is 3.64. The molecule has 212 valence electrons. The third-order valence-electron chi connectivity index (χ3n) is 8.95. The molecular formula is C31H47FN2O4. The average Bonchev–Trinajstić information content (AvgIpc) is 3.42. The molecule has 2 aromatic rings. The maximum Gasteiger partial charge on any atom is 0.222 e. The van der Waals surface area contributed by atoms with E-state index < -0.39 is 11.8 Å². The summed E-state index contributed by atoms with van der Waals surface area (Å²) in [4.78, 5) is 15.6. The third-order valence-corrected chi connectivity index (χ3v) is 8.95.